The number of anilines is 1. The molecule has 0 spiro atoms. The van der Waals surface area contributed by atoms with E-state index < -0.39 is 0 Å². The number of hydrogen-bond acceptors (Lipinski definition) is 2. The Kier molecular flexibility index (Phi) is 6.55. The number of halogens is 1. The number of nitrogens with one attached hydrogen (secondary N) is 1. The molecule has 1 unspecified atom stereocenters. The van der Waals surface area contributed by atoms with Gasteiger partial charge in [0.1, 0.15) is 0 Å². The van der Waals surface area contributed by atoms with Crippen LogP contribution in [0.15, 0.2) is 18.2 Å². The van der Waals surface area contributed by atoms with Crippen LogP contribution in [0.2, 0.25) is 0 Å². The molecule has 0 aliphatic heterocycles. The van der Waals surface area contributed by atoms with Gasteiger partial charge in [0, 0.05) is 17.8 Å². The third kappa shape index (κ3) is 4.94. The molecule has 1 atom stereocenters. The van der Waals surface area contributed by atoms with Gasteiger partial charge in [-0.05, 0) is 25.5 Å². The van der Waals surface area contributed by atoms with Gasteiger partial charge in [0.05, 0.1) is 7.11 Å². The molecule has 1 rings (SSSR count). The second-order valence-corrected chi connectivity index (χ2v) is 4.74. The van der Waals surface area contributed by atoms with E-state index in [1.54, 1.807) is 6.07 Å². The Morgan fingerprint density at radius 1 is 1.28 bits per heavy atom. The second-order valence-electron chi connectivity index (χ2n) is 4.74. The summed E-state index contributed by atoms with van der Waals surface area (Å²) in [5.74, 6) is -0.0307. The fraction of sp³-hybridized carbons (Fsp3) is 0.600. The Hall–Kier alpha value is -1.25. The van der Waals surface area contributed by atoms with Gasteiger partial charge in [0.25, 0.3) is 0 Å². The average Bonchev–Trinajstić information content (AvgIpc) is 2.35. The second kappa shape index (κ2) is 7.96. The summed E-state index contributed by atoms with van der Waals surface area (Å²) in [5, 5.41) is 3.32. The zero-order valence-corrected chi connectivity index (χ0v) is 11.6. The highest BCUT2D eigenvalue weighted by Gasteiger charge is 2.06. The van der Waals surface area contributed by atoms with Gasteiger partial charge in [0.2, 0.25) is 0 Å². The van der Waals surface area contributed by atoms with Crippen molar-refractivity contribution >= 4 is 5.69 Å². The van der Waals surface area contributed by atoms with Gasteiger partial charge < -0.3 is 10.1 Å². The van der Waals surface area contributed by atoms with Crippen LogP contribution in [0.25, 0.3) is 0 Å². The van der Waals surface area contributed by atoms with Gasteiger partial charge in [-0.3, -0.25) is 0 Å². The summed E-state index contributed by atoms with van der Waals surface area (Å²) >= 11 is 0. The van der Waals surface area contributed by atoms with Crippen molar-refractivity contribution in [3.05, 3.63) is 24.0 Å². The maximum absolute atomic E-state index is 13.5. The molecule has 0 saturated carbocycles. The first-order valence-electron chi connectivity index (χ1n) is 6.77. The molecule has 1 aromatic carbocycles. The van der Waals surface area contributed by atoms with Crippen LogP contribution in [-0.2, 0) is 0 Å². The fourth-order valence-corrected chi connectivity index (χ4v) is 1.99. The Labute approximate surface area is 110 Å². The highest BCUT2D eigenvalue weighted by atomic mass is 19.1. The van der Waals surface area contributed by atoms with Crippen LogP contribution in [-0.4, -0.2) is 13.2 Å². The molecule has 0 amide bonds. The van der Waals surface area contributed by atoms with Crippen LogP contribution in [0.3, 0.4) is 0 Å². The standard InChI is InChI=1S/C15H24FNO/c1-4-5-6-7-8-12(2)17-13-9-10-15(18-3)14(16)11-13/h9-12,17H,4-8H2,1-3H3. The Morgan fingerprint density at radius 2 is 2.06 bits per heavy atom. The van der Waals surface area contributed by atoms with Gasteiger partial charge >= 0.3 is 0 Å². The van der Waals surface area contributed by atoms with E-state index in [-0.39, 0.29) is 11.6 Å². The van der Waals surface area contributed by atoms with Gasteiger partial charge in [-0.25, -0.2) is 4.39 Å². The Morgan fingerprint density at radius 3 is 2.67 bits per heavy atom. The van der Waals surface area contributed by atoms with Crippen molar-refractivity contribution in [2.24, 2.45) is 0 Å². The lowest BCUT2D eigenvalue weighted by Crippen LogP contribution is -2.15. The minimum atomic E-state index is -0.319. The first kappa shape index (κ1) is 14.8. The number of unbranched alkanes of at least 4 members (excludes halogenated alkanes) is 3. The maximum atomic E-state index is 13.5. The highest BCUT2D eigenvalue weighted by molar-refractivity contribution is 5.47. The van der Waals surface area contributed by atoms with Crippen molar-refractivity contribution in [3.8, 4) is 5.75 Å². The number of benzene rings is 1. The van der Waals surface area contributed by atoms with E-state index in [2.05, 4.69) is 19.2 Å². The summed E-state index contributed by atoms with van der Waals surface area (Å²) in [4.78, 5) is 0. The lowest BCUT2D eigenvalue weighted by atomic mass is 10.1. The van der Waals surface area contributed by atoms with Crippen molar-refractivity contribution < 1.29 is 9.13 Å². The normalized spacial score (nSPS) is 12.2. The minimum absolute atomic E-state index is 0.288. The van der Waals surface area contributed by atoms with Gasteiger partial charge in [-0.15, -0.1) is 0 Å². The smallest absolute Gasteiger partial charge is 0.167 e. The van der Waals surface area contributed by atoms with Crippen LogP contribution >= 0.6 is 0 Å². The maximum Gasteiger partial charge on any atom is 0.167 e. The molecule has 0 bridgehead atoms. The van der Waals surface area contributed by atoms with Crippen LogP contribution < -0.4 is 10.1 Å². The summed E-state index contributed by atoms with van der Waals surface area (Å²) < 4.78 is 18.4. The van der Waals surface area contributed by atoms with Crippen LogP contribution in [0.4, 0.5) is 10.1 Å². The first-order chi connectivity index (χ1) is 8.67. The van der Waals surface area contributed by atoms with E-state index in [1.165, 1.54) is 38.9 Å². The average molecular weight is 253 g/mol. The fourth-order valence-electron chi connectivity index (χ4n) is 1.99. The van der Waals surface area contributed by atoms with E-state index in [4.69, 9.17) is 4.74 Å². The zero-order valence-electron chi connectivity index (χ0n) is 11.6. The largest absolute Gasteiger partial charge is 0.494 e. The molecule has 0 aliphatic carbocycles. The molecular formula is C15H24FNO. The number of hydrogen-bond donors (Lipinski definition) is 1. The molecule has 0 radical (unpaired) electrons. The number of methoxy groups -OCH3 is 1. The third-order valence-corrected chi connectivity index (χ3v) is 3.06. The van der Waals surface area contributed by atoms with Gasteiger partial charge in [-0.2, -0.15) is 0 Å². The van der Waals surface area contributed by atoms with Gasteiger partial charge in [-0.1, -0.05) is 32.6 Å². The molecule has 0 aliphatic rings. The van der Waals surface area contributed by atoms with Crippen molar-refractivity contribution in [3.63, 3.8) is 0 Å². The molecule has 0 fully saturated rings. The molecule has 102 valence electrons. The van der Waals surface area contributed by atoms with E-state index in [0.29, 0.717) is 6.04 Å². The van der Waals surface area contributed by atoms with E-state index in [9.17, 15) is 4.39 Å². The highest BCUT2D eigenvalue weighted by Crippen LogP contribution is 2.21. The molecule has 1 aromatic rings. The zero-order chi connectivity index (χ0) is 13.4. The molecular weight excluding hydrogens is 229 g/mol. The molecule has 0 heterocycles. The van der Waals surface area contributed by atoms with Crippen molar-refractivity contribution in [2.45, 2.75) is 52.0 Å². The summed E-state index contributed by atoms with van der Waals surface area (Å²) in [6.07, 6.45) is 6.17. The molecule has 1 N–H and O–H groups in total. The van der Waals surface area contributed by atoms with E-state index in [0.717, 1.165) is 12.1 Å². The Balaban J connectivity index is 2.39. The lowest BCUT2D eigenvalue weighted by molar-refractivity contribution is 0.386. The van der Waals surface area contributed by atoms with E-state index >= 15 is 0 Å². The predicted octanol–water partition coefficient (Wildman–Crippen LogP) is 4.61. The number of rotatable bonds is 8. The summed E-state index contributed by atoms with van der Waals surface area (Å²) in [7, 11) is 1.47. The van der Waals surface area contributed by atoms with Gasteiger partial charge in [0.15, 0.2) is 11.6 Å². The number of ether oxygens (including phenoxy) is 1. The molecule has 0 aromatic heterocycles. The van der Waals surface area contributed by atoms with Crippen molar-refractivity contribution in [2.75, 3.05) is 12.4 Å². The van der Waals surface area contributed by atoms with Crippen LogP contribution in [0.1, 0.15) is 46.0 Å². The van der Waals surface area contributed by atoms with Crippen LogP contribution in [0, 0.1) is 5.82 Å². The third-order valence-electron chi connectivity index (χ3n) is 3.06. The summed E-state index contributed by atoms with van der Waals surface area (Å²) in [6.45, 7) is 4.34. The van der Waals surface area contributed by atoms with E-state index in [1.807, 2.05) is 6.07 Å². The summed E-state index contributed by atoms with van der Waals surface area (Å²) in [5.41, 5.74) is 0.816. The molecule has 3 heteroatoms. The SMILES string of the molecule is CCCCCCC(C)Nc1ccc(OC)c(F)c1. The minimum Gasteiger partial charge on any atom is -0.494 e. The van der Waals surface area contributed by atoms with Crippen molar-refractivity contribution in [1.82, 2.24) is 0 Å². The molecule has 18 heavy (non-hydrogen) atoms. The topological polar surface area (TPSA) is 21.3 Å². The van der Waals surface area contributed by atoms with Crippen molar-refractivity contribution in [1.29, 1.82) is 0 Å². The van der Waals surface area contributed by atoms with Crippen LogP contribution in [0.5, 0.6) is 5.75 Å². The first-order valence-corrected chi connectivity index (χ1v) is 6.77. The predicted molar refractivity (Wildman–Crippen MR) is 74.8 cm³/mol. The monoisotopic (exact) mass is 253 g/mol. The molecule has 2 nitrogen and oxygen atoms in total. The molecule has 0 saturated heterocycles. The Bertz CT molecular complexity index is 354. The lowest BCUT2D eigenvalue weighted by Gasteiger charge is -2.15. The quantitative estimate of drug-likeness (QED) is 0.683. The summed E-state index contributed by atoms with van der Waals surface area (Å²) in [6, 6.07) is 5.36.